The van der Waals surface area contributed by atoms with E-state index >= 15 is 0 Å². The fourth-order valence-electron chi connectivity index (χ4n) is 2.37. The molecule has 3 rings (SSSR count). The lowest BCUT2D eigenvalue weighted by Gasteiger charge is -2.08. The maximum absolute atomic E-state index is 12.2. The Labute approximate surface area is 147 Å². The molecule has 1 aromatic carbocycles. The fourth-order valence-corrected chi connectivity index (χ4v) is 2.50. The van der Waals surface area contributed by atoms with Gasteiger partial charge in [0.05, 0.1) is 5.39 Å². The molecule has 0 N–H and O–H groups in total. The number of aryl methyl sites for hydroxylation is 1. The number of hydrogen-bond donors (Lipinski definition) is 0. The molecule has 7 nitrogen and oxygen atoms in total. The molecule has 8 heteroatoms. The summed E-state index contributed by atoms with van der Waals surface area (Å²) in [6.07, 6.45) is 0. The number of ether oxygens (including phenoxy) is 1. The number of benzene rings is 1. The Bertz CT molecular complexity index is 1080. The predicted molar refractivity (Wildman–Crippen MR) is 92.8 cm³/mol. The Morgan fingerprint density at radius 2 is 1.76 bits per heavy atom. The van der Waals surface area contributed by atoms with Gasteiger partial charge in [-0.25, -0.2) is 14.6 Å². The van der Waals surface area contributed by atoms with E-state index in [0.717, 1.165) is 10.1 Å². The number of carbonyl (C=O) groups excluding carboxylic acids is 1. The number of halogens is 1. The SMILES string of the molecule is Cn1c(=O)c2ccc(C(=O)OCc3ccc(Cl)cc3)nc2n(C)c1=O. The summed E-state index contributed by atoms with van der Waals surface area (Å²) in [5.74, 6) is -0.648. The molecule has 25 heavy (non-hydrogen) atoms. The van der Waals surface area contributed by atoms with Crippen LogP contribution in [0.15, 0.2) is 46.0 Å². The quantitative estimate of drug-likeness (QED) is 0.664. The first-order valence-electron chi connectivity index (χ1n) is 7.37. The number of aromatic nitrogens is 3. The fraction of sp³-hybridized carbons (Fsp3) is 0.176. The van der Waals surface area contributed by atoms with Crippen LogP contribution in [0.1, 0.15) is 16.1 Å². The molecule has 0 saturated carbocycles. The van der Waals surface area contributed by atoms with Crippen LogP contribution in [-0.4, -0.2) is 20.1 Å². The van der Waals surface area contributed by atoms with E-state index in [2.05, 4.69) is 4.98 Å². The minimum atomic E-state index is -0.648. The average molecular weight is 360 g/mol. The molecule has 0 spiro atoms. The van der Waals surface area contributed by atoms with Crippen molar-refractivity contribution in [2.45, 2.75) is 6.61 Å². The highest BCUT2D eigenvalue weighted by Crippen LogP contribution is 2.12. The van der Waals surface area contributed by atoms with Gasteiger partial charge in [0, 0.05) is 19.1 Å². The topological polar surface area (TPSA) is 83.2 Å². The second-order valence-electron chi connectivity index (χ2n) is 5.48. The Morgan fingerprint density at radius 1 is 1.08 bits per heavy atom. The summed E-state index contributed by atoms with van der Waals surface area (Å²) in [6.45, 7) is 0.0607. The average Bonchev–Trinajstić information content (AvgIpc) is 2.63. The van der Waals surface area contributed by atoms with Crippen molar-refractivity contribution in [2.24, 2.45) is 14.1 Å². The van der Waals surface area contributed by atoms with Crippen molar-refractivity contribution in [2.75, 3.05) is 0 Å². The second-order valence-corrected chi connectivity index (χ2v) is 5.91. The van der Waals surface area contributed by atoms with Crippen molar-refractivity contribution in [3.8, 4) is 0 Å². The molecule has 0 radical (unpaired) electrons. The maximum atomic E-state index is 12.2. The van der Waals surface area contributed by atoms with E-state index in [-0.39, 0.29) is 23.3 Å². The van der Waals surface area contributed by atoms with Crippen molar-refractivity contribution in [3.05, 3.63) is 73.5 Å². The zero-order valence-electron chi connectivity index (χ0n) is 13.5. The molecule has 128 valence electrons. The van der Waals surface area contributed by atoms with Gasteiger partial charge in [-0.05, 0) is 29.8 Å². The van der Waals surface area contributed by atoms with Gasteiger partial charge in [-0.2, -0.15) is 0 Å². The first-order chi connectivity index (χ1) is 11.9. The molecule has 0 aliphatic rings. The third kappa shape index (κ3) is 3.18. The van der Waals surface area contributed by atoms with Gasteiger partial charge in [0.1, 0.15) is 12.3 Å². The lowest BCUT2D eigenvalue weighted by Crippen LogP contribution is -2.37. The first kappa shape index (κ1) is 16.9. The van der Waals surface area contributed by atoms with E-state index in [4.69, 9.17) is 16.3 Å². The molecule has 0 unspecified atom stereocenters. The monoisotopic (exact) mass is 359 g/mol. The van der Waals surface area contributed by atoms with Gasteiger partial charge < -0.3 is 4.74 Å². The van der Waals surface area contributed by atoms with Crippen LogP contribution < -0.4 is 11.2 Å². The number of pyridine rings is 1. The molecule has 2 heterocycles. The standard InChI is InChI=1S/C17H14ClN3O4/c1-20-14-12(15(22)21(2)17(20)24)7-8-13(19-14)16(23)25-9-10-3-5-11(18)6-4-10/h3-8H,9H2,1-2H3. The second kappa shape index (κ2) is 6.52. The Morgan fingerprint density at radius 3 is 2.44 bits per heavy atom. The highest BCUT2D eigenvalue weighted by Gasteiger charge is 2.14. The molecule has 2 aromatic heterocycles. The van der Waals surface area contributed by atoms with E-state index in [1.54, 1.807) is 24.3 Å². The molecule has 0 atom stereocenters. The maximum Gasteiger partial charge on any atom is 0.357 e. The third-order valence-corrected chi connectivity index (χ3v) is 4.05. The number of esters is 1. The van der Waals surface area contributed by atoms with Crippen LogP contribution in [-0.2, 0) is 25.4 Å². The molecular weight excluding hydrogens is 346 g/mol. The van der Waals surface area contributed by atoms with Crippen LogP contribution in [0, 0.1) is 0 Å². The van der Waals surface area contributed by atoms with Gasteiger partial charge in [0.15, 0.2) is 5.69 Å². The summed E-state index contributed by atoms with van der Waals surface area (Å²) < 4.78 is 7.42. The number of rotatable bonds is 3. The van der Waals surface area contributed by atoms with E-state index in [0.29, 0.717) is 5.02 Å². The largest absolute Gasteiger partial charge is 0.456 e. The minimum Gasteiger partial charge on any atom is -0.456 e. The van der Waals surface area contributed by atoms with Gasteiger partial charge >= 0.3 is 11.7 Å². The number of carbonyl (C=O) groups is 1. The Kier molecular flexibility index (Phi) is 4.41. The predicted octanol–water partition coefficient (Wildman–Crippen LogP) is 1.64. The van der Waals surface area contributed by atoms with Crippen LogP contribution in [0.2, 0.25) is 5.02 Å². The lowest BCUT2D eigenvalue weighted by atomic mass is 10.2. The van der Waals surface area contributed by atoms with E-state index < -0.39 is 17.2 Å². The molecule has 3 aromatic rings. The van der Waals surface area contributed by atoms with Gasteiger partial charge in [-0.15, -0.1) is 0 Å². The van der Waals surface area contributed by atoms with Crippen LogP contribution in [0.3, 0.4) is 0 Å². The number of fused-ring (bicyclic) bond motifs is 1. The third-order valence-electron chi connectivity index (χ3n) is 3.79. The van der Waals surface area contributed by atoms with Crippen LogP contribution in [0.25, 0.3) is 11.0 Å². The summed E-state index contributed by atoms with van der Waals surface area (Å²) in [6, 6.07) is 9.75. The molecular formula is C17H14ClN3O4. The van der Waals surface area contributed by atoms with Crippen molar-refractivity contribution < 1.29 is 9.53 Å². The number of nitrogens with zero attached hydrogens (tertiary/aromatic N) is 3. The van der Waals surface area contributed by atoms with Crippen molar-refractivity contribution in [3.63, 3.8) is 0 Å². The van der Waals surface area contributed by atoms with Crippen molar-refractivity contribution in [1.29, 1.82) is 0 Å². The van der Waals surface area contributed by atoms with E-state index in [9.17, 15) is 14.4 Å². The van der Waals surface area contributed by atoms with E-state index in [1.807, 2.05) is 0 Å². The highest BCUT2D eigenvalue weighted by atomic mass is 35.5. The van der Waals surface area contributed by atoms with Gasteiger partial charge in [0.25, 0.3) is 5.56 Å². The number of hydrogen-bond acceptors (Lipinski definition) is 5. The molecule has 0 bridgehead atoms. The lowest BCUT2D eigenvalue weighted by molar-refractivity contribution is 0.0466. The molecule has 0 amide bonds. The molecule has 0 fully saturated rings. The normalized spacial score (nSPS) is 10.8. The first-order valence-corrected chi connectivity index (χ1v) is 7.74. The van der Waals surface area contributed by atoms with Crippen LogP contribution in [0.4, 0.5) is 0 Å². The van der Waals surface area contributed by atoms with Crippen molar-refractivity contribution >= 4 is 28.6 Å². The zero-order valence-corrected chi connectivity index (χ0v) is 14.3. The molecule has 0 aliphatic heterocycles. The summed E-state index contributed by atoms with van der Waals surface area (Å²) in [5, 5.41) is 0.840. The minimum absolute atomic E-state index is 0.0183. The molecule has 0 saturated heterocycles. The summed E-state index contributed by atoms with van der Waals surface area (Å²) in [7, 11) is 2.87. The van der Waals surface area contributed by atoms with Gasteiger partial charge in [0.2, 0.25) is 0 Å². The Balaban J connectivity index is 1.91. The summed E-state index contributed by atoms with van der Waals surface area (Å²) >= 11 is 5.80. The van der Waals surface area contributed by atoms with Gasteiger partial charge in [-0.1, -0.05) is 23.7 Å². The zero-order chi connectivity index (χ0) is 18.1. The Hall–Kier alpha value is -2.93. The van der Waals surface area contributed by atoms with Gasteiger partial charge in [-0.3, -0.25) is 13.9 Å². The summed E-state index contributed by atoms with van der Waals surface area (Å²) in [4.78, 5) is 40.4. The van der Waals surface area contributed by atoms with Crippen LogP contribution in [0.5, 0.6) is 0 Å². The van der Waals surface area contributed by atoms with Crippen LogP contribution >= 0.6 is 11.6 Å². The van der Waals surface area contributed by atoms with Crippen molar-refractivity contribution in [1.82, 2.24) is 14.1 Å². The highest BCUT2D eigenvalue weighted by molar-refractivity contribution is 6.30. The summed E-state index contributed by atoms with van der Waals surface area (Å²) in [5.41, 5.74) is -0.0538. The molecule has 0 aliphatic carbocycles. The van der Waals surface area contributed by atoms with E-state index in [1.165, 1.54) is 30.8 Å². The smallest absolute Gasteiger partial charge is 0.357 e.